The van der Waals surface area contributed by atoms with Gasteiger partial charge >= 0.3 is 0 Å². The number of nitrogens with zero attached hydrogens (tertiary/aromatic N) is 4. The van der Waals surface area contributed by atoms with Crippen LogP contribution in [0.5, 0.6) is 0 Å². The Morgan fingerprint density at radius 2 is 2.00 bits per heavy atom. The maximum atomic E-state index is 13.5. The summed E-state index contributed by atoms with van der Waals surface area (Å²) in [5.74, 6) is -0.150. The van der Waals surface area contributed by atoms with E-state index in [4.69, 9.17) is 21.6 Å². The summed E-state index contributed by atoms with van der Waals surface area (Å²) in [4.78, 5) is 13.8. The summed E-state index contributed by atoms with van der Waals surface area (Å²) in [5.41, 5.74) is 2.81. The lowest BCUT2D eigenvalue weighted by atomic mass is 10.1. The van der Waals surface area contributed by atoms with Gasteiger partial charge in [0.25, 0.3) is 0 Å². The molecule has 0 radical (unpaired) electrons. The van der Waals surface area contributed by atoms with E-state index in [-0.39, 0.29) is 6.54 Å². The predicted molar refractivity (Wildman–Crippen MR) is 120 cm³/mol. The number of benzene rings is 2. The Morgan fingerprint density at radius 1 is 1.12 bits per heavy atom. The smallest absolute Gasteiger partial charge is 0.225 e. The summed E-state index contributed by atoms with van der Waals surface area (Å²) in [6.45, 7) is 2.95. The van der Waals surface area contributed by atoms with Gasteiger partial charge in [-0.3, -0.25) is 0 Å². The third-order valence-electron chi connectivity index (χ3n) is 5.64. The molecule has 32 heavy (non-hydrogen) atoms. The van der Waals surface area contributed by atoms with Crippen molar-refractivity contribution in [1.82, 2.24) is 24.8 Å². The highest BCUT2D eigenvalue weighted by Crippen LogP contribution is 2.31. The fourth-order valence-electron chi connectivity index (χ4n) is 3.98. The molecule has 2 aromatic carbocycles. The molecule has 1 atom stereocenters. The Hall–Kier alpha value is -3.10. The zero-order valence-electron chi connectivity index (χ0n) is 17.2. The van der Waals surface area contributed by atoms with Crippen LogP contribution in [0.1, 0.15) is 12.0 Å². The third kappa shape index (κ3) is 4.16. The molecule has 6 nitrogen and oxygen atoms in total. The number of nitrogens with one attached hydrogen (secondary N) is 2. The highest BCUT2D eigenvalue weighted by molar-refractivity contribution is 6.33. The first-order valence-electron chi connectivity index (χ1n) is 10.4. The minimum atomic E-state index is -0.881. The van der Waals surface area contributed by atoms with E-state index in [1.165, 1.54) is 6.07 Å². The normalized spacial score (nSPS) is 16.0. The van der Waals surface area contributed by atoms with Crippen molar-refractivity contribution in [2.45, 2.75) is 19.5 Å². The van der Waals surface area contributed by atoms with Gasteiger partial charge in [-0.25, -0.2) is 18.7 Å². The fraction of sp³-hybridized carbons (Fsp3) is 0.261. The van der Waals surface area contributed by atoms with Crippen LogP contribution in [-0.2, 0) is 13.1 Å². The molecule has 1 saturated heterocycles. The van der Waals surface area contributed by atoms with Crippen LogP contribution in [0.3, 0.4) is 0 Å². The summed E-state index contributed by atoms with van der Waals surface area (Å²) in [5, 5.41) is 7.11. The Morgan fingerprint density at radius 3 is 2.78 bits per heavy atom. The molecule has 2 N–H and O–H groups in total. The second-order valence-corrected chi connectivity index (χ2v) is 8.30. The van der Waals surface area contributed by atoms with Crippen LogP contribution in [0.4, 0.5) is 14.7 Å². The molecular weight excluding hydrogens is 434 g/mol. The van der Waals surface area contributed by atoms with Crippen molar-refractivity contribution in [1.29, 1.82) is 0 Å². The van der Waals surface area contributed by atoms with E-state index in [2.05, 4.69) is 20.2 Å². The number of aromatic nitrogens is 4. The van der Waals surface area contributed by atoms with Gasteiger partial charge in [0.1, 0.15) is 11.3 Å². The molecule has 164 valence electrons. The first kappa shape index (κ1) is 20.8. The molecule has 2 aromatic heterocycles. The molecule has 5 rings (SSSR count). The third-order valence-corrected chi connectivity index (χ3v) is 5.97. The zero-order valence-corrected chi connectivity index (χ0v) is 17.9. The number of hydrogen-bond acceptors (Lipinski definition) is 5. The van der Waals surface area contributed by atoms with Gasteiger partial charge in [-0.1, -0.05) is 29.8 Å². The molecule has 4 aromatic rings. The number of imidazole rings is 1. The predicted octanol–water partition coefficient (Wildman–Crippen LogP) is 4.65. The Bertz CT molecular complexity index is 1270. The van der Waals surface area contributed by atoms with E-state index in [0.717, 1.165) is 49.6 Å². The van der Waals surface area contributed by atoms with E-state index in [0.29, 0.717) is 33.6 Å². The van der Waals surface area contributed by atoms with E-state index < -0.39 is 11.6 Å². The molecule has 1 aliphatic rings. The van der Waals surface area contributed by atoms with E-state index >= 15 is 0 Å². The van der Waals surface area contributed by atoms with Crippen LogP contribution < -0.4 is 10.6 Å². The summed E-state index contributed by atoms with van der Waals surface area (Å²) in [7, 11) is 0. The quantitative estimate of drug-likeness (QED) is 0.444. The number of hydrogen-bond donors (Lipinski definition) is 2. The maximum absolute atomic E-state index is 13.5. The summed E-state index contributed by atoms with van der Waals surface area (Å²) < 4.78 is 28.8. The van der Waals surface area contributed by atoms with E-state index in [9.17, 15) is 8.78 Å². The second-order valence-electron chi connectivity index (χ2n) is 7.89. The Labute approximate surface area is 188 Å². The van der Waals surface area contributed by atoms with Crippen molar-refractivity contribution in [2.75, 3.05) is 18.4 Å². The van der Waals surface area contributed by atoms with Gasteiger partial charge < -0.3 is 15.2 Å². The second kappa shape index (κ2) is 8.80. The molecular formula is C23H21ClF2N6. The maximum Gasteiger partial charge on any atom is 0.225 e. The molecule has 0 aliphatic carbocycles. The highest BCUT2D eigenvalue weighted by atomic mass is 35.5. The van der Waals surface area contributed by atoms with Crippen molar-refractivity contribution in [3.63, 3.8) is 0 Å². The Kier molecular flexibility index (Phi) is 5.71. The van der Waals surface area contributed by atoms with Gasteiger partial charge in [0.2, 0.25) is 5.95 Å². The van der Waals surface area contributed by atoms with E-state index in [1.54, 1.807) is 6.20 Å². The topological polar surface area (TPSA) is 67.7 Å². The molecule has 0 bridgehead atoms. The largest absolute Gasteiger partial charge is 0.350 e. The average molecular weight is 455 g/mol. The van der Waals surface area contributed by atoms with Crippen molar-refractivity contribution < 1.29 is 8.78 Å². The van der Waals surface area contributed by atoms with Crippen LogP contribution in [0.2, 0.25) is 5.02 Å². The standard InChI is InChI=1S/C23H21ClF2N6/c24-17-4-2-1-3-16(17)21-30-20-12-29-23(28-11-14-5-6-18(25)19(26)9-14)31-22(20)32(21)13-15-7-8-27-10-15/h1-6,9,12,15,27H,7-8,10-11,13H2,(H,28,29,31)/t15-/m0/s1. The van der Waals surface area contributed by atoms with Crippen molar-refractivity contribution in [3.8, 4) is 11.4 Å². The average Bonchev–Trinajstić information content (AvgIpc) is 3.43. The lowest BCUT2D eigenvalue weighted by Gasteiger charge is -2.14. The lowest BCUT2D eigenvalue weighted by molar-refractivity contribution is 0.490. The molecule has 1 fully saturated rings. The number of anilines is 1. The minimum absolute atomic E-state index is 0.265. The van der Waals surface area contributed by atoms with Crippen molar-refractivity contribution in [2.24, 2.45) is 5.92 Å². The van der Waals surface area contributed by atoms with Crippen LogP contribution >= 0.6 is 11.6 Å². The Balaban J connectivity index is 1.50. The SMILES string of the molecule is Fc1ccc(CNc2ncc3nc(-c4ccccc4Cl)n(C[C@H]4CCNC4)c3n2)cc1F. The first-order valence-corrected chi connectivity index (χ1v) is 10.8. The molecule has 0 unspecified atom stereocenters. The minimum Gasteiger partial charge on any atom is -0.350 e. The summed E-state index contributed by atoms with van der Waals surface area (Å²) in [6, 6.07) is 11.4. The molecule has 0 spiro atoms. The van der Waals surface area contributed by atoms with Gasteiger partial charge in [0, 0.05) is 18.7 Å². The molecule has 0 amide bonds. The van der Waals surface area contributed by atoms with Crippen LogP contribution in [0.15, 0.2) is 48.7 Å². The fourth-order valence-corrected chi connectivity index (χ4v) is 4.20. The number of halogens is 3. The van der Waals surface area contributed by atoms with Gasteiger partial charge in [0.05, 0.1) is 11.2 Å². The number of fused-ring (bicyclic) bond motifs is 1. The zero-order chi connectivity index (χ0) is 22.1. The van der Waals surface area contributed by atoms with E-state index in [1.807, 2.05) is 24.3 Å². The van der Waals surface area contributed by atoms with Crippen LogP contribution in [-0.4, -0.2) is 32.6 Å². The van der Waals surface area contributed by atoms with Gasteiger partial charge in [-0.2, -0.15) is 4.98 Å². The van der Waals surface area contributed by atoms with Crippen molar-refractivity contribution in [3.05, 3.63) is 70.9 Å². The highest BCUT2D eigenvalue weighted by Gasteiger charge is 2.22. The van der Waals surface area contributed by atoms with Gasteiger partial charge in [-0.15, -0.1) is 0 Å². The lowest BCUT2D eigenvalue weighted by Crippen LogP contribution is -2.16. The summed E-state index contributed by atoms with van der Waals surface area (Å²) in [6.07, 6.45) is 2.74. The summed E-state index contributed by atoms with van der Waals surface area (Å²) >= 11 is 6.48. The van der Waals surface area contributed by atoms with Crippen molar-refractivity contribution >= 4 is 28.7 Å². The van der Waals surface area contributed by atoms with Crippen LogP contribution in [0, 0.1) is 17.6 Å². The molecule has 9 heteroatoms. The monoisotopic (exact) mass is 454 g/mol. The number of rotatable bonds is 6. The molecule has 0 saturated carbocycles. The molecule has 1 aliphatic heterocycles. The van der Waals surface area contributed by atoms with Gasteiger partial charge in [0.15, 0.2) is 17.3 Å². The van der Waals surface area contributed by atoms with Gasteiger partial charge in [-0.05, 0) is 55.3 Å². The first-order chi connectivity index (χ1) is 15.6. The van der Waals surface area contributed by atoms with Crippen LogP contribution in [0.25, 0.3) is 22.6 Å². The molecule has 3 heterocycles.